The number of nitrogens with zero attached hydrogens (tertiary/aromatic N) is 2. The smallest absolute Gasteiger partial charge is 0.324 e. The molecule has 1 saturated heterocycles. The van der Waals surface area contributed by atoms with Crippen LogP contribution in [0.1, 0.15) is 38.8 Å². The van der Waals surface area contributed by atoms with Gasteiger partial charge in [0.15, 0.2) is 5.96 Å². The number of hydrogen-bond donors (Lipinski definition) is 3. The first-order chi connectivity index (χ1) is 12.9. The van der Waals surface area contributed by atoms with Crippen LogP contribution in [0.5, 0.6) is 0 Å². The highest BCUT2D eigenvalue weighted by molar-refractivity contribution is 14.0. The molecular weight excluding hydrogens is 469 g/mol. The normalized spacial score (nSPS) is 14.6. The average molecular weight is 501 g/mol. The van der Waals surface area contributed by atoms with Crippen LogP contribution in [-0.2, 0) is 16.6 Å². The van der Waals surface area contributed by atoms with E-state index in [1.54, 1.807) is 0 Å². The number of aliphatic imine (C=N–C) groups is 1. The third-order valence-electron chi connectivity index (χ3n) is 4.69. The van der Waals surface area contributed by atoms with E-state index in [9.17, 15) is 9.59 Å². The SMILES string of the molecule is CCNC(=NCC(C)(C)c1ccc(CC)cc1)NCCN1C(=O)CNC1=O.I. The number of guanidine groups is 1. The number of amides is 3. The summed E-state index contributed by atoms with van der Waals surface area (Å²) in [6, 6.07) is 8.35. The monoisotopic (exact) mass is 501 g/mol. The topological polar surface area (TPSA) is 85.8 Å². The van der Waals surface area contributed by atoms with E-state index in [1.165, 1.54) is 16.0 Å². The van der Waals surface area contributed by atoms with Crippen molar-refractivity contribution in [1.29, 1.82) is 0 Å². The molecule has 0 radical (unpaired) electrons. The second-order valence-corrected chi connectivity index (χ2v) is 7.26. The summed E-state index contributed by atoms with van der Waals surface area (Å²) in [6.07, 6.45) is 1.03. The van der Waals surface area contributed by atoms with E-state index >= 15 is 0 Å². The number of aryl methyl sites for hydroxylation is 1. The van der Waals surface area contributed by atoms with Crippen molar-refractivity contribution in [2.75, 3.05) is 32.7 Å². The zero-order chi connectivity index (χ0) is 19.9. The molecule has 2 rings (SSSR count). The van der Waals surface area contributed by atoms with Gasteiger partial charge in [-0.05, 0) is 24.5 Å². The van der Waals surface area contributed by atoms with Gasteiger partial charge in [0.05, 0.1) is 13.1 Å². The van der Waals surface area contributed by atoms with Gasteiger partial charge < -0.3 is 16.0 Å². The van der Waals surface area contributed by atoms with Gasteiger partial charge in [0.25, 0.3) is 0 Å². The first-order valence-electron chi connectivity index (χ1n) is 9.57. The Morgan fingerprint density at radius 1 is 1.18 bits per heavy atom. The molecule has 0 atom stereocenters. The van der Waals surface area contributed by atoms with Gasteiger partial charge in [0.2, 0.25) is 5.91 Å². The predicted molar refractivity (Wildman–Crippen MR) is 123 cm³/mol. The second kappa shape index (κ2) is 11.2. The van der Waals surface area contributed by atoms with Crippen molar-refractivity contribution in [3.8, 4) is 0 Å². The van der Waals surface area contributed by atoms with Crippen molar-refractivity contribution in [1.82, 2.24) is 20.9 Å². The van der Waals surface area contributed by atoms with Crippen LogP contribution < -0.4 is 16.0 Å². The summed E-state index contributed by atoms with van der Waals surface area (Å²) in [7, 11) is 0. The fraction of sp³-hybridized carbons (Fsp3) is 0.550. The van der Waals surface area contributed by atoms with Crippen LogP contribution >= 0.6 is 24.0 Å². The summed E-state index contributed by atoms with van der Waals surface area (Å²) < 4.78 is 0. The van der Waals surface area contributed by atoms with Crippen molar-refractivity contribution >= 4 is 41.9 Å². The van der Waals surface area contributed by atoms with Gasteiger partial charge in [-0.3, -0.25) is 14.7 Å². The van der Waals surface area contributed by atoms with E-state index in [4.69, 9.17) is 4.99 Å². The van der Waals surface area contributed by atoms with Crippen LogP contribution in [0.15, 0.2) is 29.3 Å². The fourth-order valence-electron chi connectivity index (χ4n) is 2.87. The zero-order valence-electron chi connectivity index (χ0n) is 17.2. The summed E-state index contributed by atoms with van der Waals surface area (Å²) >= 11 is 0. The zero-order valence-corrected chi connectivity index (χ0v) is 19.5. The Hall–Kier alpha value is -1.84. The highest BCUT2D eigenvalue weighted by atomic mass is 127. The molecule has 1 aromatic carbocycles. The third kappa shape index (κ3) is 6.65. The molecule has 1 fully saturated rings. The van der Waals surface area contributed by atoms with Crippen molar-refractivity contribution in [2.24, 2.45) is 4.99 Å². The number of nitrogens with one attached hydrogen (secondary N) is 3. The minimum absolute atomic E-state index is 0. The lowest BCUT2D eigenvalue weighted by molar-refractivity contribution is -0.124. The van der Waals surface area contributed by atoms with Gasteiger partial charge in [-0.15, -0.1) is 24.0 Å². The lowest BCUT2D eigenvalue weighted by atomic mass is 9.84. The highest BCUT2D eigenvalue weighted by Gasteiger charge is 2.27. The number of rotatable bonds is 8. The van der Waals surface area contributed by atoms with Crippen molar-refractivity contribution in [3.63, 3.8) is 0 Å². The summed E-state index contributed by atoms with van der Waals surface area (Å²) in [6.45, 7) is 10.7. The molecule has 1 aliphatic heterocycles. The average Bonchev–Trinajstić information content (AvgIpc) is 2.98. The Kier molecular flexibility index (Phi) is 9.71. The first kappa shape index (κ1) is 24.2. The van der Waals surface area contributed by atoms with Crippen molar-refractivity contribution in [3.05, 3.63) is 35.4 Å². The molecular formula is C20H32IN5O2. The lowest BCUT2D eigenvalue weighted by Gasteiger charge is -2.24. The van der Waals surface area contributed by atoms with Gasteiger partial charge in [0, 0.05) is 25.0 Å². The van der Waals surface area contributed by atoms with Crippen LogP contribution in [-0.4, -0.2) is 55.5 Å². The maximum Gasteiger partial charge on any atom is 0.324 e. The molecule has 28 heavy (non-hydrogen) atoms. The summed E-state index contributed by atoms with van der Waals surface area (Å²) in [5.74, 6) is 0.489. The largest absolute Gasteiger partial charge is 0.357 e. The van der Waals surface area contributed by atoms with Gasteiger partial charge in [-0.1, -0.05) is 45.0 Å². The lowest BCUT2D eigenvalue weighted by Crippen LogP contribution is -2.43. The molecule has 0 aromatic heterocycles. The predicted octanol–water partition coefficient (Wildman–Crippen LogP) is 2.25. The quantitative estimate of drug-likeness (QED) is 0.221. The third-order valence-corrected chi connectivity index (χ3v) is 4.69. The molecule has 8 heteroatoms. The molecule has 0 aliphatic carbocycles. The Morgan fingerprint density at radius 2 is 1.86 bits per heavy atom. The number of hydrogen-bond acceptors (Lipinski definition) is 3. The maximum atomic E-state index is 11.6. The Morgan fingerprint density at radius 3 is 2.39 bits per heavy atom. The van der Waals surface area contributed by atoms with E-state index in [1.807, 2.05) is 6.92 Å². The van der Waals surface area contributed by atoms with Crippen molar-refractivity contribution < 1.29 is 9.59 Å². The number of benzene rings is 1. The molecule has 1 heterocycles. The second-order valence-electron chi connectivity index (χ2n) is 7.26. The molecule has 0 bridgehead atoms. The molecule has 1 aromatic rings. The van der Waals surface area contributed by atoms with Crippen molar-refractivity contribution in [2.45, 2.75) is 39.5 Å². The minimum Gasteiger partial charge on any atom is -0.357 e. The van der Waals surface area contributed by atoms with E-state index in [2.05, 4.69) is 61.0 Å². The summed E-state index contributed by atoms with van der Waals surface area (Å²) in [5, 5.41) is 8.92. The summed E-state index contributed by atoms with van der Waals surface area (Å²) in [4.78, 5) is 29.1. The van der Waals surface area contributed by atoms with E-state index in [0.29, 0.717) is 25.6 Å². The van der Waals surface area contributed by atoms with E-state index < -0.39 is 0 Å². The molecule has 0 spiro atoms. The van der Waals surface area contributed by atoms with E-state index in [-0.39, 0.29) is 47.9 Å². The molecule has 156 valence electrons. The summed E-state index contributed by atoms with van der Waals surface area (Å²) in [5.41, 5.74) is 2.48. The van der Waals surface area contributed by atoms with E-state index in [0.717, 1.165) is 13.0 Å². The van der Waals surface area contributed by atoms with Gasteiger partial charge in [-0.25, -0.2) is 4.79 Å². The first-order valence-corrected chi connectivity index (χ1v) is 9.57. The van der Waals surface area contributed by atoms with Gasteiger partial charge >= 0.3 is 6.03 Å². The molecule has 3 amide bonds. The number of halogens is 1. The van der Waals surface area contributed by atoms with Gasteiger partial charge in [0.1, 0.15) is 0 Å². The Bertz CT molecular complexity index is 672. The molecule has 0 unspecified atom stereocenters. The highest BCUT2D eigenvalue weighted by Crippen LogP contribution is 2.24. The van der Waals surface area contributed by atoms with Crippen LogP contribution in [0.2, 0.25) is 0 Å². The van der Waals surface area contributed by atoms with Gasteiger partial charge in [-0.2, -0.15) is 0 Å². The number of urea groups is 1. The minimum atomic E-state index is -0.333. The standard InChI is InChI=1S/C20H31N5O2.HI/c1-5-15-7-9-16(10-8-15)20(3,4)14-24-18(21-6-2)22-11-12-25-17(26)13-23-19(25)27;/h7-10H,5-6,11-14H2,1-4H3,(H,23,27)(H2,21,22,24);1H. The van der Waals surface area contributed by atoms with Crippen LogP contribution in [0.25, 0.3) is 0 Å². The van der Waals surface area contributed by atoms with Crippen LogP contribution in [0.3, 0.4) is 0 Å². The maximum absolute atomic E-state index is 11.6. The Balaban J connectivity index is 0.00000392. The molecule has 3 N–H and O–H groups in total. The number of imide groups is 1. The Labute approximate surface area is 184 Å². The number of carbonyl (C=O) groups excluding carboxylic acids is 2. The molecule has 1 aliphatic rings. The number of carbonyl (C=O) groups is 2. The van der Waals surface area contributed by atoms with Crippen LogP contribution in [0, 0.1) is 0 Å². The van der Waals surface area contributed by atoms with Crippen LogP contribution in [0.4, 0.5) is 4.79 Å². The fourth-order valence-corrected chi connectivity index (χ4v) is 2.87. The molecule has 7 nitrogen and oxygen atoms in total. The molecule has 0 saturated carbocycles.